The summed E-state index contributed by atoms with van der Waals surface area (Å²) in [6, 6.07) is 0. The number of thiazole rings is 1. The number of aliphatic hydroxyl groups excluding tert-OH is 1. The zero-order valence-electron chi connectivity index (χ0n) is 12.1. The molecule has 1 aromatic heterocycles. The average Bonchev–Trinajstić information content (AvgIpc) is 2.74. The molecule has 0 saturated heterocycles. The van der Waals surface area contributed by atoms with Crippen LogP contribution < -0.4 is 0 Å². The lowest BCUT2D eigenvalue weighted by molar-refractivity contribution is 0.188. The zero-order chi connectivity index (χ0) is 13.6. The van der Waals surface area contributed by atoms with Gasteiger partial charge in [-0.3, -0.25) is 4.90 Å². The second kappa shape index (κ2) is 7.22. The first kappa shape index (κ1) is 15.6. The maximum atomic E-state index is 9.09. The van der Waals surface area contributed by atoms with Crippen LogP contribution in [0.25, 0.3) is 0 Å². The summed E-state index contributed by atoms with van der Waals surface area (Å²) in [6.45, 7) is 11.6. The van der Waals surface area contributed by atoms with Gasteiger partial charge >= 0.3 is 0 Å². The van der Waals surface area contributed by atoms with E-state index in [0.717, 1.165) is 24.6 Å². The molecule has 18 heavy (non-hydrogen) atoms. The highest BCUT2D eigenvalue weighted by atomic mass is 32.1. The second-order valence-corrected chi connectivity index (χ2v) is 6.67. The maximum absolute atomic E-state index is 9.09. The quantitative estimate of drug-likeness (QED) is 0.827. The van der Waals surface area contributed by atoms with Gasteiger partial charge in [0.2, 0.25) is 0 Å². The van der Waals surface area contributed by atoms with Crippen LogP contribution in [0.3, 0.4) is 0 Å². The Morgan fingerprint density at radius 2 is 2.06 bits per heavy atom. The summed E-state index contributed by atoms with van der Waals surface area (Å²) in [4.78, 5) is 6.99. The summed E-state index contributed by atoms with van der Waals surface area (Å²) in [6.07, 6.45) is 2.37. The van der Waals surface area contributed by atoms with Gasteiger partial charge in [-0.05, 0) is 13.0 Å². The van der Waals surface area contributed by atoms with Gasteiger partial charge in [0.15, 0.2) is 0 Å². The SMILES string of the molecule is CCCCN(CCO)Cc1nc(C(C)(C)C)cs1. The molecule has 0 aromatic carbocycles. The Hall–Kier alpha value is -0.450. The molecule has 3 nitrogen and oxygen atoms in total. The second-order valence-electron chi connectivity index (χ2n) is 5.73. The Balaban J connectivity index is 2.60. The average molecular weight is 270 g/mol. The molecule has 0 atom stereocenters. The van der Waals surface area contributed by atoms with E-state index in [-0.39, 0.29) is 12.0 Å². The molecular formula is C14H26N2OS. The number of aliphatic hydroxyl groups is 1. The van der Waals surface area contributed by atoms with Crippen molar-refractivity contribution >= 4 is 11.3 Å². The summed E-state index contributed by atoms with van der Waals surface area (Å²) in [7, 11) is 0. The Labute approximate surface area is 115 Å². The first-order valence-corrected chi connectivity index (χ1v) is 7.63. The van der Waals surface area contributed by atoms with Gasteiger partial charge in [0, 0.05) is 17.3 Å². The molecule has 0 unspecified atom stereocenters. The molecule has 0 bridgehead atoms. The molecule has 4 heteroatoms. The van der Waals surface area contributed by atoms with E-state index in [2.05, 4.69) is 38.0 Å². The van der Waals surface area contributed by atoms with Crippen LogP contribution >= 0.6 is 11.3 Å². The number of nitrogens with zero attached hydrogens (tertiary/aromatic N) is 2. The number of aromatic nitrogens is 1. The van der Waals surface area contributed by atoms with Crippen LogP contribution in [-0.2, 0) is 12.0 Å². The summed E-state index contributed by atoms with van der Waals surface area (Å²) in [5, 5.41) is 12.4. The summed E-state index contributed by atoms with van der Waals surface area (Å²) in [5.41, 5.74) is 1.29. The molecule has 0 amide bonds. The number of hydrogen-bond acceptors (Lipinski definition) is 4. The van der Waals surface area contributed by atoms with Crippen molar-refractivity contribution in [2.75, 3.05) is 19.7 Å². The Bertz CT molecular complexity index is 344. The third kappa shape index (κ3) is 5.04. The van der Waals surface area contributed by atoms with Gasteiger partial charge in [-0.2, -0.15) is 0 Å². The number of hydrogen-bond donors (Lipinski definition) is 1. The molecule has 0 radical (unpaired) electrons. The first-order chi connectivity index (χ1) is 8.47. The van der Waals surface area contributed by atoms with Crippen LogP contribution in [0.15, 0.2) is 5.38 Å². The summed E-state index contributed by atoms with van der Waals surface area (Å²) < 4.78 is 0. The van der Waals surface area contributed by atoms with E-state index in [1.807, 2.05) is 0 Å². The predicted molar refractivity (Wildman–Crippen MR) is 78.1 cm³/mol. The molecule has 1 rings (SSSR count). The standard InChI is InChI=1S/C14H26N2OS/c1-5-6-7-16(8-9-17)10-13-15-12(11-18-13)14(2,3)4/h11,17H,5-10H2,1-4H3. The van der Waals surface area contributed by atoms with Gasteiger partial charge in [-0.15, -0.1) is 11.3 Å². The molecule has 0 fully saturated rings. The van der Waals surface area contributed by atoms with Gasteiger partial charge in [-0.25, -0.2) is 4.98 Å². The van der Waals surface area contributed by atoms with Gasteiger partial charge in [-0.1, -0.05) is 34.1 Å². The highest BCUT2D eigenvalue weighted by molar-refractivity contribution is 7.09. The van der Waals surface area contributed by atoms with Crippen LogP contribution in [0.2, 0.25) is 0 Å². The minimum absolute atomic E-state index is 0.125. The molecule has 0 spiro atoms. The fourth-order valence-corrected chi connectivity index (χ4v) is 2.77. The van der Waals surface area contributed by atoms with E-state index >= 15 is 0 Å². The number of rotatable bonds is 7. The van der Waals surface area contributed by atoms with Crippen LogP contribution in [-0.4, -0.2) is 34.7 Å². The normalized spacial score (nSPS) is 12.3. The van der Waals surface area contributed by atoms with E-state index in [4.69, 9.17) is 10.1 Å². The topological polar surface area (TPSA) is 36.4 Å². The Morgan fingerprint density at radius 1 is 1.33 bits per heavy atom. The fourth-order valence-electron chi connectivity index (χ4n) is 1.71. The van der Waals surface area contributed by atoms with E-state index in [0.29, 0.717) is 0 Å². The molecule has 1 aromatic rings. The van der Waals surface area contributed by atoms with Gasteiger partial charge in [0.1, 0.15) is 5.01 Å². The molecule has 0 aliphatic rings. The van der Waals surface area contributed by atoms with Gasteiger partial charge < -0.3 is 5.11 Å². The Morgan fingerprint density at radius 3 is 2.56 bits per heavy atom. The van der Waals surface area contributed by atoms with E-state index < -0.39 is 0 Å². The minimum atomic E-state index is 0.125. The summed E-state index contributed by atoms with van der Waals surface area (Å²) in [5.74, 6) is 0. The third-order valence-corrected chi connectivity index (χ3v) is 3.76. The van der Waals surface area contributed by atoms with Crippen LogP contribution in [0.5, 0.6) is 0 Å². The molecule has 0 saturated carbocycles. The van der Waals surface area contributed by atoms with Crippen molar-refractivity contribution in [3.05, 3.63) is 16.1 Å². The van der Waals surface area contributed by atoms with Crippen LogP contribution in [0, 0.1) is 0 Å². The molecule has 104 valence electrons. The van der Waals surface area contributed by atoms with Crippen LogP contribution in [0.4, 0.5) is 0 Å². The fraction of sp³-hybridized carbons (Fsp3) is 0.786. The van der Waals surface area contributed by atoms with Crippen molar-refractivity contribution in [1.82, 2.24) is 9.88 Å². The summed E-state index contributed by atoms with van der Waals surface area (Å²) >= 11 is 1.73. The first-order valence-electron chi connectivity index (χ1n) is 6.75. The van der Waals surface area contributed by atoms with Crippen molar-refractivity contribution in [1.29, 1.82) is 0 Å². The van der Waals surface area contributed by atoms with Crippen molar-refractivity contribution in [2.45, 2.75) is 52.5 Å². The van der Waals surface area contributed by atoms with E-state index in [9.17, 15) is 0 Å². The molecule has 1 heterocycles. The lowest BCUT2D eigenvalue weighted by atomic mass is 9.93. The largest absolute Gasteiger partial charge is 0.395 e. The van der Waals surface area contributed by atoms with E-state index in [1.54, 1.807) is 11.3 Å². The minimum Gasteiger partial charge on any atom is -0.395 e. The smallest absolute Gasteiger partial charge is 0.107 e. The van der Waals surface area contributed by atoms with Crippen molar-refractivity contribution < 1.29 is 5.11 Å². The zero-order valence-corrected chi connectivity index (χ0v) is 12.9. The molecule has 0 aliphatic heterocycles. The van der Waals surface area contributed by atoms with Gasteiger partial charge in [0.05, 0.1) is 18.8 Å². The lowest BCUT2D eigenvalue weighted by Crippen LogP contribution is -2.27. The molecule has 1 N–H and O–H groups in total. The lowest BCUT2D eigenvalue weighted by Gasteiger charge is -2.19. The third-order valence-electron chi connectivity index (χ3n) is 2.92. The maximum Gasteiger partial charge on any atom is 0.107 e. The van der Waals surface area contributed by atoms with Crippen LogP contribution in [0.1, 0.15) is 51.2 Å². The van der Waals surface area contributed by atoms with E-state index in [1.165, 1.54) is 18.5 Å². The highest BCUT2D eigenvalue weighted by Crippen LogP contribution is 2.24. The Kier molecular flexibility index (Phi) is 6.26. The van der Waals surface area contributed by atoms with Crippen molar-refractivity contribution in [2.24, 2.45) is 0 Å². The monoisotopic (exact) mass is 270 g/mol. The van der Waals surface area contributed by atoms with Gasteiger partial charge in [0.25, 0.3) is 0 Å². The number of unbranched alkanes of at least 4 members (excludes halogenated alkanes) is 1. The molecule has 0 aliphatic carbocycles. The predicted octanol–water partition coefficient (Wildman–Crippen LogP) is 3.04. The van der Waals surface area contributed by atoms with Crippen molar-refractivity contribution in [3.63, 3.8) is 0 Å². The van der Waals surface area contributed by atoms with Crippen molar-refractivity contribution in [3.8, 4) is 0 Å². The highest BCUT2D eigenvalue weighted by Gasteiger charge is 2.18. The molecular weight excluding hydrogens is 244 g/mol.